The number of nitrogens with one attached hydrogen (secondary N) is 3. The zero-order valence-electron chi connectivity index (χ0n) is 46.1. The van der Waals surface area contributed by atoms with Gasteiger partial charge in [-0.25, -0.2) is 14.1 Å². The number of halogens is 2. The molecule has 5 N–H and O–H groups in total. The highest BCUT2D eigenvalue weighted by Crippen LogP contribution is 2.63. The van der Waals surface area contributed by atoms with Crippen molar-refractivity contribution in [3.8, 4) is 50.3 Å². The van der Waals surface area contributed by atoms with E-state index in [1.165, 1.54) is 27.0 Å². The maximum absolute atomic E-state index is 16.2. The number of aliphatic hydroxyl groups excluding tert-OH is 2. The molecule has 4 aromatic heterocycles. The molecule has 14 rings (SSSR count). The van der Waals surface area contributed by atoms with Gasteiger partial charge in [0.1, 0.15) is 59.3 Å². The first-order valence-corrected chi connectivity index (χ1v) is 29.4. The number of amides is 2. The summed E-state index contributed by atoms with van der Waals surface area (Å²) in [5, 5.41) is 45.5. The molecule has 3 fully saturated rings. The smallest absolute Gasteiger partial charge is 0.319 e. The van der Waals surface area contributed by atoms with E-state index in [4.69, 9.17) is 40.5 Å². The normalized spacial score (nSPS) is 23.8. The molecule has 6 aliphatic rings. The molecule has 83 heavy (non-hydrogen) atoms. The van der Waals surface area contributed by atoms with Gasteiger partial charge in [-0.3, -0.25) is 14.7 Å². The summed E-state index contributed by atoms with van der Waals surface area (Å²) in [7, 11) is 0. The average molecular weight is 1160 g/mol. The number of hydrogen-bond donors (Lipinski definition) is 5. The Labute approximate surface area is 485 Å². The molecule has 4 aromatic carbocycles. The summed E-state index contributed by atoms with van der Waals surface area (Å²) in [6, 6.07) is 14.1. The predicted octanol–water partition coefficient (Wildman–Crippen LogP) is 8.08. The molecule has 0 radical (unpaired) electrons. The van der Waals surface area contributed by atoms with Crippen molar-refractivity contribution in [1.82, 2.24) is 55.7 Å². The second kappa shape index (κ2) is 20.5. The van der Waals surface area contributed by atoms with Crippen molar-refractivity contribution in [3.05, 3.63) is 117 Å². The van der Waals surface area contributed by atoms with Crippen molar-refractivity contribution in [3.63, 3.8) is 0 Å². The maximum Gasteiger partial charge on any atom is 0.319 e. The Morgan fingerprint density at radius 2 is 1.88 bits per heavy atom. The molecule has 5 aliphatic heterocycles. The quantitative estimate of drug-likeness (QED) is 0.0652. The lowest BCUT2D eigenvalue weighted by Crippen LogP contribution is -2.53. The van der Waals surface area contributed by atoms with E-state index in [1.54, 1.807) is 24.8 Å². The number of H-pyrrole nitrogens is 1. The van der Waals surface area contributed by atoms with E-state index >= 15 is 4.39 Å². The van der Waals surface area contributed by atoms with Gasteiger partial charge in [0.15, 0.2) is 11.5 Å². The highest BCUT2D eigenvalue weighted by Gasteiger charge is 2.71. The zero-order chi connectivity index (χ0) is 57.2. The second-order valence-electron chi connectivity index (χ2n) is 23.0. The summed E-state index contributed by atoms with van der Waals surface area (Å²) in [4.78, 5) is 48.2. The summed E-state index contributed by atoms with van der Waals surface area (Å²) < 4.78 is 44.3. The van der Waals surface area contributed by atoms with Gasteiger partial charge in [-0.05, 0) is 61.1 Å². The summed E-state index contributed by atoms with van der Waals surface area (Å²) in [6.07, 6.45) is 6.24. The molecule has 2 bridgehead atoms. The van der Waals surface area contributed by atoms with Crippen LogP contribution in [0.2, 0.25) is 5.02 Å². The number of thiazole rings is 1. The number of ether oxygens (including phenoxy) is 4. The molecule has 1 unspecified atom stereocenters. The first-order valence-electron chi connectivity index (χ1n) is 28.1. The van der Waals surface area contributed by atoms with Gasteiger partial charge in [0.05, 0.1) is 81.9 Å². The standard InChI is InChI=1S/C60H60ClFN12O8S/c1-28(2)52(58(78)72-23-37(76)18-44(72)57(77)66-43(25-75)34-10-12-35(13-11-34)55-31(5)64-27-83-55)73-24-42(70-71-73)33-8-6-32(7-9-33)26-80-54-48(47-30(4)40(62)19-41-39(47)22-65-69-41)50(61)53-49-51(54)67-59(81-38-14-15-79-29(3)16-38)68-56(49)74-36-17-45(63-21-36)60(74)20-46(60)82-53/h6-13,17,19,22,24,27-29,36-38,43-44,46,52,63,75-76H,14-16,18,20-21,23,25-26H2,1-5H3,(H,65,69)(H,66,77)/t29-,36+,37-,38-,43+,44+,46?,52+,60-/m1/s1. The van der Waals surface area contributed by atoms with E-state index < -0.39 is 47.4 Å². The van der Waals surface area contributed by atoms with E-state index in [0.717, 1.165) is 27.4 Å². The monoisotopic (exact) mass is 1160 g/mol. The molecule has 1 aliphatic carbocycles. The van der Waals surface area contributed by atoms with Gasteiger partial charge in [0.25, 0.3) is 0 Å². The number of benzene rings is 4. The van der Waals surface area contributed by atoms with E-state index in [-0.39, 0.29) is 73.2 Å². The average Bonchev–Trinajstić information content (AvgIpc) is 1.66. The van der Waals surface area contributed by atoms with Gasteiger partial charge in [-0.1, -0.05) is 79.2 Å². The minimum atomic E-state index is -0.995. The summed E-state index contributed by atoms with van der Waals surface area (Å²) >= 11 is 9.25. The minimum Gasteiger partial charge on any atom is -0.486 e. The van der Waals surface area contributed by atoms with Crippen LogP contribution in [0.1, 0.15) is 80.9 Å². The zero-order valence-corrected chi connectivity index (χ0v) is 47.7. The largest absolute Gasteiger partial charge is 0.486 e. The number of likely N-dealkylation sites (tertiary alicyclic amines) is 1. The van der Waals surface area contributed by atoms with Crippen LogP contribution in [0, 0.1) is 25.6 Å². The molecule has 9 atom stereocenters. The van der Waals surface area contributed by atoms with Crippen molar-refractivity contribution in [1.29, 1.82) is 0 Å². The van der Waals surface area contributed by atoms with Crippen LogP contribution in [0.5, 0.6) is 17.5 Å². The number of nitrogens with zero attached hydrogens (tertiary/aromatic N) is 9. The Morgan fingerprint density at radius 3 is 2.64 bits per heavy atom. The molecule has 1 spiro atoms. The van der Waals surface area contributed by atoms with Crippen LogP contribution in [-0.4, -0.2) is 135 Å². The SMILES string of the molecule is Cc1ncsc1-c1ccc([C@H](CO)NC(=O)[C@@H]2C[C@@H](O)CN2C(=O)[C@H](C(C)C)n2cc(-c3ccc(COc4c(-c5c(C)c(F)cc6[nH]ncc56)c(Cl)c5c6c(nc(O[C@@H]7CCO[C@H](C)C7)nc46)N4[C@H]6C=C(NC6)[C@@]46CC6O5)cc3)nn2)cc1. The van der Waals surface area contributed by atoms with Crippen LogP contribution >= 0.6 is 22.9 Å². The van der Waals surface area contributed by atoms with Crippen LogP contribution in [0.3, 0.4) is 0 Å². The molecule has 2 amide bonds. The number of aromatic nitrogens is 8. The molecule has 9 heterocycles. The summed E-state index contributed by atoms with van der Waals surface area (Å²) in [5.41, 5.74) is 9.02. The van der Waals surface area contributed by atoms with Gasteiger partial charge >= 0.3 is 6.01 Å². The third-order valence-electron chi connectivity index (χ3n) is 17.3. The molecule has 8 aromatic rings. The Kier molecular flexibility index (Phi) is 13.2. The first-order chi connectivity index (χ1) is 40.2. The molecule has 1 saturated carbocycles. The number of carbonyl (C=O) groups is 2. The predicted molar refractivity (Wildman–Crippen MR) is 308 cm³/mol. The third-order valence-corrected chi connectivity index (χ3v) is 18.6. The van der Waals surface area contributed by atoms with Crippen molar-refractivity contribution in [2.24, 2.45) is 5.92 Å². The van der Waals surface area contributed by atoms with Crippen LogP contribution in [0.15, 0.2) is 84.3 Å². The van der Waals surface area contributed by atoms with E-state index in [9.17, 15) is 19.8 Å². The second-order valence-corrected chi connectivity index (χ2v) is 24.2. The van der Waals surface area contributed by atoms with Gasteiger partial charge in [0.2, 0.25) is 11.8 Å². The van der Waals surface area contributed by atoms with Gasteiger partial charge in [0, 0.05) is 66.5 Å². The Bertz CT molecular complexity index is 3930. The molecular weight excluding hydrogens is 1100 g/mol. The molecule has 20 nitrogen and oxygen atoms in total. The molecule has 428 valence electrons. The number of aryl methyl sites for hydroxylation is 1. The van der Waals surface area contributed by atoms with Crippen LogP contribution in [0.4, 0.5) is 10.2 Å². The Morgan fingerprint density at radius 1 is 1.07 bits per heavy atom. The Balaban J connectivity index is 0.758. The van der Waals surface area contributed by atoms with Crippen molar-refractivity contribution >= 4 is 62.4 Å². The number of hydrogen-bond acceptors (Lipinski definition) is 17. The highest BCUT2D eigenvalue weighted by atomic mass is 35.5. The molecule has 23 heteroatoms. The lowest BCUT2D eigenvalue weighted by Gasteiger charge is -2.37. The Hall–Kier alpha value is -7.76. The fourth-order valence-corrected chi connectivity index (χ4v) is 14.2. The molecular formula is C60H60ClFN12O8S. The number of β-amino-alcohol motifs (C(OH)–C–C–N with tert-alkyl or cyclic N) is 1. The minimum absolute atomic E-state index is 0.0107. The number of anilines is 1. The lowest BCUT2D eigenvalue weighted by molar-refractivity contribution is -0.142. The number of rotatable bonds is 15. The molecule has 2 saturated heterocycles. The third kappa shape index (κ3) is 8.93. The number of carbonyl (C=O) groups excluding carboxylic acids is 2. The van der Waals surface area contributed by atoms with Crippen LogP contribution in [-0.2, 0) is 20.9 Å². The van der Waals surface area contributed by atoms with Crippen molar-refractivity contribution in [2.45, 2.75) is 121 Å². The lowest BCUT2D eigenvalue weighted by atomic mass is 9.93. The van der Waals surface area contributed by atoms with Gasteiger partial charge < -0.3 is 49.6 Å². The number of piperazine rings is 1. The fraction of sp³-hybridized carbons (Fsp3) is 0.400. The number of aromatic amines is 1. The van der Waals surface area contributed by atoms with Gasteiger partial charge in [-0.15, -0.1) is 16.4 Å². The fourth-order valence-electron chi connectivity index (χ4n) is 13.0. The summed E-state index contributed by atoms with van der Waals surface area (Å²) in [5.74, 6) is -0.344. The van der Waals surface area contributed by atoms with Crippen molar-refractivity contribution in [2.75, 3.05) is 31.2 Å². The van der Waals surface area contributed by atoms with Gasteiger partial charge in [-0.2, -0.15) is 15.1 Å². The van der Waals surface area contributed by atoms with Crippen molar-refractivity contribution < 1.29 is 43.1 Å². The van der Waals surface area contributed by atoms with Crippen LogP contribution in [0.25, 0.3) is 54.6 Å². The first kappa shape index (κ1) is 53.3. The maximum atomic E-state index is 16.2. The van der Waals surface area contributed by atoms with Crippen LogP contribution < -0.4 is 29.7 Å². The number of aliphatic hydroxyl groups is 2. The van der Waals surface area contributed by atoms with E-state index in [0.29, 0.717) is 99.3 Å². The summed E-state index contributed by atoms with van der Waals surface area (Å²) in [6.45, 7) is 10.3. The van der Waals surface area contributed by atoms with E-state index in [2.05, 4.69) is 47.1 Å². The topological polar surface area (TPSA) is 240 Å². The van der Waals surface area contributed by atoms with E-state index in [1.807, 2.05) is 76.2 Å². The number of fused-ring (bicyclic) bond motifs is 4. The highest BCUT2D eigenvalue weighted by molar-refractivity contribution is 7.13.